The largest absolute Gasteiger partial charge is 0.392 e. The summed E-state index contributed by atoms with van der Waals surface area (Å²) in [4.78, 5) is 3.98. The molecule has 1 aromatic carbocycles. The quantitative estimate of drug-likeness (QED) is 0.633. The number of hydrogen-bond donors (Lipinski definition) is 1. The molecule has 0 spiro atoms. The van der Waals surface area contributed by atoms with Crippen LogP contribution in [0.4, 0.5) is 0 Å². The Balaban J connectivity index is 2.65. The van der Waals surface area contributed by atoms with Gasteiger partial charge in [0.1, 0.15) is 5.15 Å². The van der Waals surface area contributed by atoms with Crippen molar-refractivity contribution >= 4 is 46.4 Å². The van der Waals surface area contributed by atoms with Crippen molar-refractivity contribution in [2.24, 2.45) is 0 Å². The Morgan fingerprint density at radius 3 is 2.39 bits per heavy atom. The van der Waals surface area contributed by atoms with Crippen molar-refractivity contribution in [1.29, 1.82) is 0 Å². The molecule has 0 bridgehead atoms. The summed E-state index contributed by atoms with van der Waals surface area (Å²) < 4.78 is 0. The molecule has 0 saturated heterocycles. The van der Waals surface area contributed by atoms with E-state index in [1.54, 1.807) is 18.2 Å². The second-order valence-electron chi connectivity index (χ2n) is 3.55. The number of benzene rings is 1. The Morgan fingerprint density at radius 1 is 1.06 bits per heavy atom. The van der Waals surface area contributed by atoms with Gasteiger partial charge in [-0.05, 0) is 18.2 Å². The Labute approximate surface area is 124 Å². The van der Waals surface area contributed by atoms with Crippen LogP contribution in [0.1, 0.15) is 5.56 Å². The molecule has 0 atom stereocenters. The van der Waals surface area contributed by atoms with Crippen molar-refractivity contribution in [2.45, 2.75) is 6.61 Å². The lowest BCUT2D eigenvalue weighted by Gasteiger charge is -2.10. The van der Waals surface area contributed by atoms with Crippen molar-refractivity contribution in [1.82, 2.24) is 4.98 Å². The molecule has 94 valence electrons. The molecular formula is C12H7Cl4NO. The maximum absolute atomic E-state index is 9.17. The molecule has 1 heterocycles. The van der Waals surface area contributed by atoms with Crippen LogP contribution in [-0.4, -0.2) is 10.1 Å². The molecule has 18 heavy (non-hydrogen) atoms. The van der Waals surface area contributed by atoms with E-state index in [1.165, 1.54) is 6.20 Å². The molecule has 0 aliphatic carbocycles. The highest BCUT2D eigenvalue weighted by atomic mass is 35.5. The van der Waals surface area contributed by atoms with Crippen molar-refractivity contribution in [3.63, 3.8) is 0 Å². The normalized spacial score (nSPS) is 10.7. The van der Waals surface area contributed by atoms with Crippen LogP contribution in [0.15, 0.2) is 24.4 Å². The van der Waals surface area contributed by atoms with E-state index in [1.807, 2.05) is 0 Å². The summed E-state index contributed by atoms with van der Waals surface area (Å²) in [6.07, 6.45) is 1.53. The van der Waals surface area contributed by atoms with Crippen LogP contribution in [0.2, 0.25) is 20.2 Å². The molecule has 0 aliphatic rings. The zero-order valence-corrected chi connectivity index (χ0v) is 11.9. The monoisotopic (exact) mass is 321 g/mol. The maximum Gasteiger partial charge on any atom is 0.134 e. The average molecular weight is 323 g/mol. The minimum absolute atomic E-state index is 0.213. The van der Waals surface area contributed by atoms with Crippen molar-refractivity contribution in [3.05, 3.63) is 50.2 Å². The van der Waals surface area contributed by atoms with Crippen molar-refractivity contribution in [3.8, 4) is 11.1 Å². The Hall–Kier alpha value is -0.510. The fourth-order valence-corrected chi connectivity index (χ4v) is 2.44. The van der Waals surface area contributed by atoms with Gasteiger partial charge in [-0.15, -0.1) is 0 Å². The summed E-state index contributed by atoms with van der Waals surface area (Å²) in [5.41, 5.74) is 1.73. The fourth-order valence-electron chi connectivity index (χ4n) is 1.53. The van der Waals surface area contributed by atoms with E-state index in [2.05, 4.69) is 4.98 Å². The smallest absolute Gasteiger partial charge is 0.134 e. The molecule has 2 aromatic rings. The van der Waals surface area contributed by atoms with Crippen molar-refractivity contribution in [2.75, 3.05) is 0 Å². The molecule has 2 nitrogen and oxygen atoms in total. The Kier molecular flexibility index (Phi) is 4.36. The average Bonchev–Trinajstić information content (AvgIpc) is 2.36. The molecule has 2 rings (SSSR count). The highest BCUT2D eigenvalue weighted by molar-refractivity contribution is 6.46. The minimum Gasteiger partial charge on any atom is -0.392 e. The molecule has 0 amide bonds. The van der Waals surface area contributed by atoms with E-state index in [4.69, 9.17) is 51.5 Å². The molecule has 0 unspecified atom stereocenters. The third-order valence-electron chi connectivity index (χ3n) is 2.41. The molecule has 6 heteroatoms. The Bertz CT molecular complexity index is 601. The zero-order chi connectivity index (χ0) is 13.3. The van der Waals surface area contributed by atoms with Gasteiger partial charge < -0.3 is 5.11 Å². The van der Waals surface area contributed by atoms with Gasteiger partial charge in [-0.2, -0.15) is 0 Å². The minimum atomic E-state index is -0.213. The number of aliphatic hydroxyl groups is 1. The van der Waals surface area contributed by atoms with Crippen molar-refractivity contribution < 1.29 is 5.11 Å². The van der Waals surface area contributed by atoms with Crippen LogP contribution in [0, 0.1) is 0 Å². The van der Waals surface area contributed by atoms with Gasteiger partial charge in [-0.1, -0.05) is 46.4 Å². The van der Waals surface area contributed by atoms with Gasteiger partial charge >= 0.3 is 0 Å². The number of pyridine rings is 1. The van der Waals surface area contributed by atoms with E-state index in [-0.39, 0.29) is 11.8 Å². The highest BCUT2D eigenvalue weighted by Crippen LogP contribution is 2.39. The van der Waals surface area contributed by atoms with Crippen LogP contribution < -0.4 is 0 Å². The highest BCUT2D eigenvalue weighted by Gasteiger charge is 2.13. The summed E-state index contributed by atoms with van der Waals surface area (Å²) in [6, 6.07) is 4.95. The summed E-state index contributed by atoms with van der Waals surface area (Å²) in [5.74, 6) is 0. The van der Waals surface area contributed by atoms with Crippen LogP contribution in [-0.2, 0) is 6.61 Å². The SMILES string of the molecule is OCc1cc(-c2c(Cl)ccc(Cl)c2Cl)cnc1Cl. The van der Waals surface area contributed by atoms with E-state index in [9.17, 15) is 0 Å². The molecule has 0 radical (unpaired) electrons. The van der Waals surface area contributed by atoms with Gasteiger partial charge in [0.2, 0.25) is 0 Å². The second kappa shape index (κ2) is 5.64. The standard InChI is InChI=1S/C12H7Cl4NO/c13-8-1-2-9(14)11(15)10(8)6-3-7(5-18)12(16)17-4-6/h1-4,18H,5H2. The lowest BCUT2D eigenvalue weighted by atomic mass is 10.1. The van der Waals surface area contributed by atoms with Crippen LogP contribution in [0.3, 0.4) is 0 Å². The molecule has 0 aliphatic heterocycles. The number of halogens is 4. The van der Waals surface area contributed by atoms with Crippen LogP contribution >= 0.6 is 46.4 Å². The number of nitrogens with zero attached hydrogens (tertiary/aromatic N) is 1. The molecule has 1 aromatic heterocycles. The maximum atomic E-state index is 9.17. The molecule has 0 saturated carbocycles. The predicted molar refractivity (Wildman–Crippen MR) is 75.6 cm³/mol. The topological polar surface area (TPSA) is 33.1 Å². The third-order valence-corrected chi connectivity index (χ3v) is 3.87. The fraction of sp³-hybridized carbons (Fsp3) is 0.0833. The van der Waals surface area contributed by atoms with E-state index in [0.29, 0.717) is 31.8 Å². The molecule has 1 N–H and O–H groups in total. The first kappa shape index (κ1) is 13.9. The summed E-state index contributed by atoms with van der Waals surface area (Å²) in [5, 5.41) is 10.6. The summed E-state index contributed by atoms with van der Waals surface area (Å²) in [7, 11) is 0. The first-order valence-electron chi connectivity index (χ1n) is 4.93. The van der Waals surface area contributed by atoms with Gasteiger partial charge in [0.15, 0.2) is 0 Å². The zero-order valence-electron chi connectivity index (χ0n) is 8.92. The van der Waals surface area contributed by atoms with Crippen LogP contribution in [0.25, 0.3) is 11.1 Å². The van der Waals surface area contributed by atoms with Crippen LogP contribution in [0.5, 0.6) is 0 Å². The third kappa shape index (κ3) is 2.58. The van der Waals surface area contributed by atoms with E-state index < -0.39 is 0 Å². The number of hydrogen-bond acceptors (Lipinski definition) is 2. The lowest BCUT2D eigenvalue weighted by molar-refractivity contribution is 0.281. The van der Waals surface area contributed by atoms with Gasteiger partial charge in [0.25, 0.3) is 0 Å². The van der Waals surface area contributed by atoms with Gasteiger partial charge in [-0.25, -0.2) is 4.98 Å². The van der Waals surface area contributed by atoms with E-state index in [0.717, 1.165) is 0 Å². The predicted octanol–water partition coefficient (Wildman–Crippen LogP) is 4.85. The molecular weight excluding hydrogens is 316 g/mol. The second-order valence-corrected chi connectivity index (χ2v) is 5.10. The summed E-state index contributed by atoms with van der Waals surface area (Å²) in [6.45, 7) is -0.213. The number of aliphatic hydroxyl groups excluding tert-OH is 1. The van der Waals surface area contributed by atoms with E-state index >= 15 is 0 Å². The number of aromatic nitrogens is 1. The molecule has 0 fully saturated rings. The Morgan fingerprint density at radius 2 is 1.72 bits per heavy atom. The first-order valence-corrected chi connectivity index (χ1v) is 6.45. The van der Waals surface area contributed by atoms with Gasteiger partial charge in [0.05, 0.1) is 21.7 Å². The lowest BCUT2D eigenvalue weighted by Crippen LogP contribution is -1.91. The van der Waals surface area contributed by atoms with Gasteiger partial charge in [0, 0.05) is 22.9 Å². The number of rotatable bonds is 2. The summed E-state index contributed by atoms with van der Waals surface area (Å²) >= 11 is 24.0. The first-order chi connectivity index (χ1) is 8.54. The van der Waals surface area contributed by atoms with Gasteiger partial charge in [-0.3, -0.25) is 0 Å².